The van der Waals surface area contributed by atoms with Gasteiger partial charge in [-0.25, -0.2) is 4.79 Å². The lowest BCUT2D eigenvalue weighted by Gasteiger charge is -2.21. The summed E-state index contributed by atoms with van der Waals surface area (Å²) in [5.74, 6) is -0.666. The highest BCUT2D eigenvalue weighted by atomic mass is 16.5. The molecule has 3 aromatic rings. The number of rotatable bonds is 10. The molecule has 0 saturated carbocycles. The number of ether oxygens (including phenoxy) is 3. The van der Waals surface area contributed by atoms with Crippen molar-refractivity contribution in [2.45, 2.75) is 25.6 Å². The molecule has 0 saturated heterocycles. The van der Waals surface area contributed by atoms with Crippen molar-refractivity contribution in [2.24, 2.45) is 0 Å². The molecule has 160 valence electrons. The molecule has 1 atom stereocenters. The molecular formula is C25H24O6. The van der Waals surface area contributed by atoms with E-state index in [9.17, 15) is 9.59 Å². The van der Waals surface area contributed by atoms with Gasteiger partial charge in [-0.1, -0.05) is 60.7 Å². The third kappa shape index (κ3) is 6.34. The van der Waals surface area contributed by atoms with Crippen LogP contribution in [0.4, 0.5) is 0 Å². The van der Waals surface area contributed by atoms with E-state index in [1.54, 1.807) is 18.2 Å². The molecule has 0 fully saturated rings. The Morgan fingerprint density at radius 3 is 2.26 bits per heavy atom. The SMILES string of the molecule is COC(=O)c1ccc(OCc2ccccc2)cc1O[C@@H](CCC(=O)O)c1ccccc1. The molecule has 0 unspecified atom stereocenters. The van der Waals surface area contributed by atoms with Crippen LogP contribution < -0.4 is 9.47 Å². The zero-order chi connectivity index (χ0) is 22.1. The highest BCUT2D eigenvalue weighted by Crippen LogP contribution is 2.32. The molecule has 3 rings (SSSR count). The van der Waals surface area contributed by atoms with Gasteiger partial charge < -0.3 is 19.3 Å². The van der Waals surface area contributed by atoms with E-state index in [0.717, 1.165) is 11.1 Å². The predicted octanol–water partition coefficient (Wildman–Crippen LogP) is 5.04. The monoisotopic (exact) mass is 420 g/mol. The quantitative estimate of drug-likeness (QED) is 0.463. The molecule has 0 bridgehead atoms. The van der Waals surface area contributed by atoms with Crippen molar-refractivity contribution in [3.63, 3.8) is 0 Å². The molecule has 3 aromatic carbocycles. The Kier molecular flexibility index (Phi) is 7.65. The van der Waals surface area contributed by atoms with Crippen LogP contribution in [0, 0.1) is 0 Å². The minimum absolute atomic E-state index is 0.0721. The summed E-state index contributed by atoms with van der Waals surface area (Å²) in [6.45, 7) is 0.360. The van der Waals surface area contributed by atoms with E-state index in [2.05, 4.69) is 0 Å². The molecule has 0 heterocycles. The largest absolute Gasteiger partial charge is 0.489 e. The molecule has 0 aliphatic carbocycles. The van der Waals surface area contributed by atoms with Crippen LogP contribution >= 0.6 is 0 Å². The number of methoxy groups -OCH3 is 1. The molecular weight excluding hydrogens is 396 g/mol. The lowest BCUT2D eigenvalue weighted by atomic mass is 10.0. The van der Waals surface area contributed by atoms with E-state index in [1.807, 2.05) is 60.7 Å². The number of hydrogen-bond acceptors (Lipinski definition) is 5. The van der Waals surface area contributed by atoms with E-state index in [4.69, 9.17) is 19.3 Å². The Morgan fingerprint density at radius 1 is 0.935 bits per heavy atom. The van der Waals surface area contributed by atoms with Gasteiger partial charge in [0.2, 0.25) is 0 Å². The second kappa shape index (κ2) is 10.8. The van der Waals surface area contributed by atoms with Gasteiger partial charge in [-0.05, 0) is 29.7 Å². The average Bonchev–Trinajstić information content (AvgIpc) is 2.81. The van der Waals surface area contributed by atoms with Gasteiger partial charge in [-0.15, -0.1) is 0 Å². The van der Waals surface area contributed by atoms with Crippen LogP contribution in [0.25, 0.3) is 0 Å². The fourth-order valence-electron chi connectivity index (χ4n) is 3.08. The van der Waals surface area contributed by atoms with Crippen LogP contribution in [0.15, 0.2) is 78.9 Å². The van der Waals surface area contributed by atoms with Gasteiger partial charge in [0.1, 0.15) is 29.8 Å². The van der Waals surface area contributed by atoms with Gasteiger partial charge >= 0.3 is 11.9 Å². The van der Waals surface area contributed by atoms with E-state index in [1.165, 1.54) is 7.11 Å². The smallest absolute Gasteiger partial charge is 0.341 e. The van der Waals surface area contributed by atoms with Gasteiger partial charge in [0, 0.05) is 12.5 Å². The van der Waals surface area contributed by atoms with Gasteiger partial charge in [-0.2, -0.15) is 0 Å². The summed E-state index contributed by atoms with van der Waals surface area (Å²) in [5.41, 5.74) is 2.06. The predicted molar refractivity (Wildman–Crippen MR) is 115 cm³/mol. The van der Waals surface area contributed by atoms with E-state index in [0.29, 0.717) is 12.4 Å². The molecule has 0 aromatic heterocycles. The number of hydrogen-bond donors (Lipinski definition) is 1. The Morgan fingerprint density at radius 2 is 1.61 bits per heavy atom. The Balaban J connectivity index is 1.87. The van der Waals surface area contributed by atoms with Crippen molar-refractivity contribution < 1.29 is 28.9 Å². The molecule has 6 heteroatoms. The number of esters is 1. The highest BCUT2D eigenvalue weighted by Gasteiger charge is 2.21. The van der Waals surface area contributed by atoms with Crippen LogP contribution in [-0.2, 0) is 16.1 Å². The first-order valence-corrected chi connectivity index (χ1v) is 9.89. The van der Waals surface area contributed by atoms with Crippen molar-refractivity contribution in [3.8, 4) is 11.5 Å². The van der Waals surface area contributed by atoms with E-state index in [-0.39, 0.29) is 24.2 Å². The first-order valence-electron chi connectivity index (χ1n) is 9.89. The van der Waals surface area contributed by atoms with Gasteiger partial charge in [0.15, 0.2) is 0 Å². The van der Waals surface area contributed by atoms with E-state index < -0.39 is 18.0 Å². The average molecular weight is 420 g/mol. The van der Waals surface area contributed by atoms with E-state index >= 15 is 0 Å². The molecule has 0 aliphatic rings. The fourth-order valence-corrected chi connectivity index (χ4v) is 3.08. The number of carboxylic acids is 1. The van der Waals surface area contributed by atoms with Crippen molar-refractivity contribution in [2.75, 3.05) is 7.11 Å². The van der Waals surface area contributed by atoms with Crippen LogP contribution in [0.1, 0.15) is 40.4 Å². The topological polar surface area (TPSA) is 82.1 Å². The zero-order valence-electron chi connectivity index (χ0n) is 17.2. The first-order chi connectivity index (χ1) is 15.1. The molecule has 31 heavy (non-hydrogen) atoms. The maximum Gasteiger partial charge on any atom is 0.341 e. The third-order valence-electron chi connectivity index (χ3n) is 4.67. The summed E-state index contributed by atoms with van der Waals surface area (Å²) in [7, 11) is 1.30. The molecule has 0 spiro atoms. The second-order valence-electron chi connectivity index (χ2n) is 6.87. The normalized spacial score (nSPS) is 11.4. The van der Waals surface area contributed by atoms with Crippen molar-refractivity contribution >= 4 is 11.9 Å². The van der Waals surface area contributed by atoms with Crippen molar-refractivity contribution in [1.29, 1.82) is 0 Å². The molecule has 0 amide bonds. The van der Waals surface area contributed by atoms with Crippen LogP contribution in [0.5, 0.6) is 11.5 Å². The number of benzene rings is 3. The van der Waals surface area contributed by atoms with Gasteiger partial charge in [0.25, 0.3) is 0 Å². The Bertz CT molecular complexity index is 1000. The lowest BCUT2D eigenvalue weighted by molar-refractivity contribution is -0.137. The second-order valence-corrected chi connectivity index (χ2v) is 6.87. The standard InChI is InChI=1S/C25H24O6/c1-29-25(28)21-13-12-20(30-17-18-8-4-2-5-9-18)16-23(21)31-22(14-15-24(26)27)19-10-6-3-7-11-19/h2-13,16,22H,14-15,17H2,1H3,(H,26,27)/t22-/m0/s1. The highest BCUT2D eigenvalue weighted by molar-refractivity contribution is 5.92. The molecule has 0 aliphatic heterocycles. The van der Waals surface area contributed by atoms with Gasteiger partial charge in [-0.3, -0.25) is 4.79 Å². The Hall–Kier alpha value is -3.80. The fraction of sp³-hybridized carbons (Fsp3) is 0.200. The summed E-state index contributed by atoms with van der Waals surface area (Å²) in [5, 5.41) is 9.13. The number of carbonyl (C=O) groups excluding carboxylic acids is 1. The van der Waals surface area contributed by atoms with Crippen LogP contribution in [0.2, 0.25) is 0 Å². The maximum atomic E-state index is 12.3. The summed E-state index contributed by atoms with van der Waals surface area (Å²) < 4.78 is 16.9. The summed E-state index contributed by atoms with van der Waals surface area (Å²) in [6.07, 6.45) is -0.378. The molecule has 6 nitrogen and oxygen atoms in total. The minimum atomic E-state index is -0.919. The van der Waals surface area contributed by atoms with Gasteiger partial charge in [0.05, 0.1) is 7.11 Å². The van der Waals surface area contributed by atoms with Crippen LogP contribution in [0.3, 0.4) is 0 Å². The molecule has 1 N–H and O–H groups in total. The third-order valence-corrected chi connectivity index (χ3v) is 4.67. The first kappa shape index (κ1) is 21.9. The maximum absolute atomic E-state index is 12.3. The lowest BCUT2D eigenvalue weighted by Crippen LogP contribution is -2.13. The van der Waals surface area contributed by atoms with Crippen LogP contribution in [-0.4, -0.2) is 24.2 Å². The summed E-state index contributed by atoms with van der Waals surface area (Å²) in [6, 6.07) is 23.9. The zero-order valence-corrected chi connectivity index (χ0v) is 17.2. The number of aliphatic carboxylic acids is 1. The summed E-state index contributed by atoms with van der Waals surface area (Å²) >= 11 is 0. The summed E-state index contributed by atoms with van der Waals surface area (Å²) in [4.78, 5) is 23.4. The number of carbonyl (C=O) groups is 2. The Labute approximate surface area is 181 Å². The number of carboxylic acid groups (broad SMARTS) is 1. The van der Waals surface area contributed by atoms with Crippen molar-refractivity contribution in [1.82, 2.24) is 0 Å². The minimum Gasteiger partial charge on any atom is -0.489 e. The van der Waals surface area contributed by atoms with Crippen molar-refractivity contribution in [3.05, 3.63) is 95.6 Å². The molecule has 0 radical (unpaired) electrons.